The van der Waals surface area contributed by atoms with Crippen LogP contribution in [0, 0.1) is 35.5 Å². The van der Waals surface area contributed by atoms with Crippen molar-refractivity contribution >= 4 is 0 Å². The van der Waals surface area contributed by atoms with E-state index in [9.17, 15) is 5.11 Å². The lowest BCUT2D eigenvalue weighted by Crippen LogP contribution is -2.36. The first-order valence-corrected chi connectivity index (χ1v) is 12.0. The number of rotatable bonds is 7. The second-order valence-corrected chi connectivity index (χ2v) is 9.99. The molecule has 3 aliphatic rings. The van der Waals surface area contributed by atoms with Gasteiger partial charge in [0, 0.05) is 6.61 Å². The summed E-state index contributed by atoms with van der Waals surface area (Å²) in [6.07, 6.45) is 18.4. The lowest BCUT2D eigenvalue weighted by Gasteiger charge is -2.43. The molecule has 0 spiro atoms. The van der Waals surface area contributed by atoms with Crippen molar-refractivity contribution in [2.45, 2.75) is 109 Å². The summed E-state index contributed by atoms with van der Waals surface area (Å²) in [6, 6.07) is 0. The minimum Gasteiger partial charge on any atom is -0.396 e. The van der Waals surface area contributed by atoms with Crippen molar-refractivity contribution < 1.29 is 9.50 Å². The maximum atomic E-state index is 15.0. The third-order valence-corrected chi connectivity index (χ3v) is 8.39. The number of aliphatic hydroxyl groups is 1. The summed E-state index contributed by atoms with van der Waals surface area (Å²) in [7, 11) is 0. The number of aliphatic hydroxyl groups excluding tert-OH is 1. The number of unbranched alkanes of at least 4 members (excludes halogenated alkanes) is 2. The Hall–Kier alpha value is -0.110. The zero-order chi connectivity index (χ0) is 18.4. The molecule has 0 aromatic heterocycles. The van der Waals surface area contributed by atoms with Gasteiger partial charge < -0.3 is 5.11 Å². The molecule has 0 bridgehead atoms. The molecule has 0 radical (unpaired) electrons. The molecule has 3 aliphatic carbocycles. The first-order valence-electron chi connectivity index (χ1n) is 12.0. The molecule has 0 heterocycles. The quantitative estimate of drug-likeness (QED) is 0.484. The van der Waals surface area contributed by atoms with E-state index in [0.717, 1.165) is 50.4 Å². The van der Waals surface area contributed by atoms with Crippen LogP contribution in [0.1, 0.15) is 103 Å². The molecular weight excluding hydrogens is 323 g/mol. The van der Waals surface area contributed by atoms with Gasteiger partial charge in [-0.3, -0.25) is 0 Å². The first-order chi connectivity index (χ1) is 12.7. The Morgan fingerprint density at radius 1 is 0.731 bits per heavy atom. The molecule has 1 N–H and O–H groups in total. The third kappa shape index (κ3) is 5.46. The minimum absolute atomic E-state index is 0.330. The summed E-state index contributed by atoms with van der Waals surface area (Å²) in [5, 5.41) is 9.32. The van der Waals surface area contributed by atoms with E-state index in [4.69, 9.17) is 0 Å². The van der Waals surface area contributed by atoms with Crippen LogP contribution in [0.5, 0.6) is 0 Å². The molecule has 0 aromatic carbocycles. The predicted molar refractivity (Wildman–Crippen MR) is 108 cm³/mol. The average Bonchev–Trinajstić information content (AvgIpc) is 2.69. The second-order valence-electron chi connectivity index (χ2n) is 9.99. The van der Waals surface area contributed by atoms with Crippen LogP contribution in [-0.4, -0.2) is 17.9 Å². The molecule has 3 atom stereocenters. The van der Waals surface area contributed by atoms with Gasteiger partial charge in [-0.2, -0.15) is 0 Å². The maximum Gasteiger partial charge on any atom is 0.103 e. The van der Waals surface area contributed by atoms with Crippen molar-refractivity contribution in [3.05, 3.63) is 0 Å². The molecule has 3 saturated carbocycles. The summed E-state index contributed by atoms with van der Waals surface area (Å²) in [5.74, 6) is 3.89. The highest BCUT2D eigenvalue weighted by atomic mass is 19.1. The van der Waals surface area contributed by atoms with Crippen LogP contribution in [0.15, 0.2) is 0 Å². The van der Waals surface area contributed by atoms with Gasteiger partial charge >= 0.3 is 0 Å². The first kappa shape index (κ1) is 20.6. The van der Waals surface area contributed by atoms with Crippen LogP contribution in [-0.2, 0) is 0 Å². The summed E-state index contributed by atoms with van der Waals surface area (Å²) in [5.41, 5.74) is 0. The van der Waals surface area contributed by atoms with E-state index in [2.05, 4.69) is 6.92 Å². The average molecular weight is 367 g/mol. The zero-order valence-corrected chi connectivity index (χ0v) is 17.2. The molecule has 152 valence electrons. The third-order valence-electron chi connectivity index (χ3n) is 8.39. The van der Waals surface area contributed by atoms with E-state index in [0.29, 0.717) is 30.3 Å². The molecule has 3 fully saturated rings. The summed E-state index contributed by atoms with van der Waals surface area (Å²) in [6.45, 7) is 2.62. The van der Waals surface area contributed by atoms with Crippen LogP contribution in [0.4, 0.5) is 4.39 Å². The van der Waals surface area contributed by atoms with Gasteiger partial charge in [0.2, 0.25) is 0 Å². The van der Waals surface area contributed by atoms with Crippen LogP contribution in [0.2, 0.25) is 0 Å². The van der Waals surface area contributed by atoms with Gasteiger partial charge in [0.05, 0.1) is 0 Å². The smallest absolute Gasteiger partial charge is 0.103 e. The molecule has 0 aromatic rings. The Kier molecular flexibility index (Phi) is 8.28. The van der Waals surface area contributed by atoms with E-state index in [1.807, 2.05) is 0 Å². The van der Waals surface area contributed by atoms with Crippen molar-refractivity contribution in [1.82, 2.24) is 0 Å². The highest BCUT2D eigenvalue weighted by Gasteiger charge is 2.39. The standard InChI is InChI=1S/C24H43FO/c1-2-3-4-5-18-6-10-20(11-7-18)22-14-15-23(24(25)16-22)21-12-8-19(17-26)9-13-21/h18-24,26H,2-17H2,1H3. The summed E-state index contributed by atoms with van der Waals surface area (Å²) < 4.78 is 15.0. The monoisotopic (exact) mass is 366 g/mol. The van der Waals surface area contributed by atoms with Crippen molar-refractivity contribution in [2.75, 3.05) is 6.61 Å². The summed E-state index contributed by atoms with van der Waals surface area (Å²) in [4.78, 5) is 0. The molecule has 26 heavy (non-hydrogen) atoms. The number of hydrogen-bond donors (Lipinski definition) is 1. The molecule has 3 unspecified atom stereocenters. The largest absolute Gasteiger partial charge is 0.396 e. The Morgan fingerprint density at radius 3 is 1.96 bits per heavy atom. The second kappa shape index (κ2) is 10.4. The van der Waals surface area contributed by atoms with Gasteiger partial charge in [-0.05, 0) is 93.3 Å². The van der Waals surface area contributed by atoms with Crippen LogP contribution in [0.25, 0.3) is 0 Å². The number of halogens is 1. The molecule has 0 saturated heterocycles. The van der Waals surface area contributed by atoms with Crippen LogP contribution in [0.3, 0.4) is 0 Å². The van der Waals surface area contributed by atoms with E-state index in [1.165, 1.54) is 57.8 Å². The van der Waals surface area contributed by atoms with E-state index in [1.54, 1.807) is 0 Å². The number of hydrogen-bond acceptors (Lipinski definition) is 1. The van der Waals surface area contributed by atoms with Crippen molar-refractivity contribution in [3.8, 4) is 0 Å². The van der Waals surface area contributed by atoms with Crippen molar-refractivity contribution in [2.24, 2.45) is 35.5 Å². The molecule has 3 rings (SSSR count). The lowest BCUT2D eigenvalue weighted by molar-refractivity contribution is 0.0290. The number of alkyl halides is 1. The van der Waals surface area contributed by atoms with Gasteiger partial charge in [0.1, 0.15) is 6.17 Å². The van der Waals surface area contributed by atoms with Gasteiger partial charge in [0.15, 0.2) is 0 Å². The SMILES string of the molecule is CCCCCC1CCC(C2CCC(C3CCC(CO)CC3)C(F)C2)CC1. The van der Waals surface area contributed by atoms with Crippen molar-refractivity contribution in [1.29, 1.82) is 0 Å². The molecular formula is C24H43FO. The van der Waals surface area contributed by atoms with Crippen LogP contribution < -0.4 is 0 Å². The fourth-order valence-corrected chi connectivity index (χ4v) is 6.56. The van der Waals surface area contributed by atoms with Gasteiger partial charge in [0.25, 0.3) is 0 Å². The highest BCUT2D eigenvalue weighted by Crippen LogP contribution is 2.47. The molecule has 2 heteroatoms. The Balaban J connectivity index is 1.39. The Bertz CT molecular complexity index is 382. The highest BCUT2D eigenvalue weighted by molar-refractivity contribution is 4.90. The van der Waals surface area contributed by atoms with Crippen molar-refractivity contribution in [3.63, 3.8) is 0 Å². The van der Waals surface area contributed by atoms with Gasteiger partial charge in [-0.1, -0.05) is 45.4 Å². The topological polar surface area (TPSA) is 20.2 Å². The summed E-state index contributed by atoms with van der Waals surface area (Å²) >= 11 is 0. The maximum absolute atomic E-state index is 15.0. The van der Waals surface area contributed by atoms with Gasteiger partial charge in [-0.25, -0.2) is 4.39 Å². The van der Waals surface area contributed by atoms with Crippen LogP contribution >= 0.6 is 0 Å². The van der Waals surface area contributed by atoms with E-state index in [-0.39, 0.29) is 0 Å². The Morgan fingerprint density at radius 2 is 1.35 bits per heavy atom. The van der Waals surface area contributed by atoms with Gasteiger partial charge in [-0.15, -0.1) is 0 Å². The minimum atomic E-state index is -0.549. The predicted octanol–water partition coefficient (Wildman–Crippen LogP) is 6.93. The van der Waals surface area contributed by atoms with E-state index < -0.39 is 6.17 Å². The fourth-order valence-electron chi connectivity index (χ4n) is 6.56. The lowest BCUT2D eigenvalue weighted by atomic mass is 9.64. The normalized spacial score (nSPS) is 41.9. The molecule has 0 aliphatic heterocycles. The molecule has 1 nitrogen and oxygen atoms in total. The Labute approximate surface area is 161 Å². The molecule has 0 amide bonds. The fraction of sp³-hybridized carbons (Fsp3) is 1.00. The zero-order valence-electron chi connectivity index (χ0n) is 17.2. The van der Waals surface area contributed by atoms with E-state index >= 15 is 4.39 Å².